The number of nitrogens with zero attached hydrogens (tertiary/aromatic N) is 1. The summed E-state index contributed by atoms with van der Waals surface area (Å²) in [5.74, 6) is -0.361. The molecule has 5 nitrogen and oxygen atoms in total. The van der Waals surface area contributed by atoms with E-state index in [-0.39, 0.29) is 5.75 Å². The molecule has 22 heavy (non-hydrogen) atoms. The molecule has 0 fully saturated rings. The number of hydrogen-bond donors (Lipinski definition) is 1. The number of anilines is 1. The summed E-state index contributed by atoms with van der Waals surface area (Å²) in [4.78, 5) is 0. The summed E-state index contributed by atoms with van der Waals surface area (Å²) < 4.78 is 33.7. The topological polar surface area (TPSA) is 87.1 Å². The summed E-state index contributed by atoms with van der Waals surface area (Å²) in [6.07, 6.45) is 0.844. The van der Waals surface area contributed by atoms with E-state index in [0.29, 0.717) is 34.6 Å². The van der Waals surface area contributed by atoms with Crippen molar-refractivity contribution < 1.29 is 17.5 Å². The highest BCUT2D eigenvalue weighted by atomic mass is 35.5. The molecule has 2 rings (SSSR count). The predicted octanol–water partition coefficient (Wildman–Crippen LogP) is 2.92. The fourth-order valence-corrected chi connectivity index (χ4v) is 3.69. The molecule has 1 aromatic carbocycles. The predicted molar refractivity (Wildman–Crippen MR) is 88.2 cm³/mol. The second-order valence-electron chi connectivity index (χ2n) is 4.71. The van der Waals surface area contributed by atoms with E-state index in [1.807, 2.05) is 16.0 Å². The van der Waals surface area contributed by atoms with Crippen LogP contribution in [0.2, 0.25) is 10.0 Å². The van der Waals surface area contributed by atoms with Crippen molar-refractivity contribution >= 4 is 49.8 Å². The minimum Gasteiger partial charge on any atom is -0.748 e. The van der Waals surface area contributed by atoms with Gasteiger partial charge in [0.05, 0.1) is 26.7 Å². The first-order valence-electron chi connectivity index (χ1n) is 6.44. The van der Waals surface area contributed by atoms with Crippen LogP contribution < -0.4 is 10.3 Å². The van der Waals surface area contributed by atoms with Crippen molar-refractivity contribution in [3.05, 3.63) is 33.6 Å². The minimum atomic E-state index is -4.17. The molecule has 0 saturated carbocycles. The number of nitrogens with two attached hydrogens (primary N) is 1. The zero-order valence-electron chi connectivity index (χ0n) is 11.5. The third-order valence-electron chi connectivity index (χ3n) is 3.09. The van der Waals surface area contributed by atoms with Crippen molar-refractivity contribution in [1.29, 1.82) is 0 Å². The fraction of sp³-hybridized carbons (Fsp3) is 0.308. The minimum absolute atomic E-state index is 0.301. The van der Waals surface area contributed by atoms with Crippen LogP contribution in [-0.4, -0.2) is 18.7 Å². The Bertz CT molecular complexity index is 776. The molecule has 0 aliphatic carbocycles. The highest BCUT2D eigenvalue weighted by Crippen LogP contribution is 2.29. The summed E-state index contributed by atoms with van der Waals surface area (Å²) >= 11 is 13.3. The van der Waals surface area contributed by atoms with Gasteiger partial charge in [-0.1, -0.05) is 34.5 Å². The number of nitrogen functional groups attached to an aromatic ring is 1. The molecule has 0 unspecified atom stereocenters. The van der Waals surface area contributed by atoms with E-state index in [2.05, 4.69) is 0 Å². The largest absolute Gasteiger partial charge is 0.748 e. The van der Waals surface area contributed by atoms with E-state index in [0.717, 1.165) is 11.3 Å². The molecule has 0 amide bonds. The zero-order chi connectivity index (χ0) is 16.3. The molecule has 0 bridgehead atoms. The average Bonchev–Trinajstić information content (AvgIpc) is 2.78. The Morgan fingerprint density at radius 2 is 1.95 bits per heavy atom. The Morgan fingerprint density at radius 1 is 1.23 bits per heavy atom. The van der Waals surface area contributed by atoms with E-state index in [9.17, 15) is 13.0 Å². The summed E-state index contributed by atoms with van der Waals surface area (Å²) in [6.45, 7) is 0.528. The third-order valence-corrected chi connectivity index (χ3v) is 5.42. The normalized spacial score (nSPS) is 11.8. The Labute approximate surface area is 143 Å². The number of benzene rings is 1. The number of unbranched alkanes of at least 4 members (excludes halogenated alkanes) is 1. The Kier molecular flexibility index (Phi) is 5.68. The first-order chi connectivity index (χ1) is 10.3. The lowest BCUT2D eigenvalue weighted by atomic mass is 10.1. The van der Waals surface area contributed by atoms with E-state index in [1.165, 1.54) is 11.3 Å². The monoisotopic (exact) mass is 380 g/mol. The number of aromatic nitrogens is 1. The standard InChI is InChI=1S/C13H14Cl2N2O3S2/c14-10-4-3-9(7-11(10)15)12-8-21-13(16)17(12)5-1-2-6-22(18,19)20/h3-4,7-8,16H,1-2,5-6H2,(H,18,19,20). The zero-order valence-corrected chi connectivity index (χ0v) is 14.6. The van der Waals surface area contributed by atoms with Gasteiger partial charge in [0, 0.05) is 16.7 Å². The second kappa shape index (κ2) is 7.14. The average molecular weight is 381 g/mol. The van der Waals surface area contributed by atoms with Crippen LogP contribution in [0.3, 0.4) is 0 Å². The molecule has 0 saturated heterocycles. The Morgan fingerprint density at radius 3 is 2.59 bits per heavy atom. The number of rotatable bonds is 6. The molecule has 2 aromatic rings. The quantitative estimate of drug-likeness (QED) is 0.474. The van der Waals surface area contributed by atoms with Crippen molar-refractivity contribution in [3.63, 3.8) is 0 Å². The van der Waals surface area contributed by atoms with Crippen molar-refractivity contribution in [2.24, 2.45) is 0 Å². The first-order valence-corrected chi connectivity index (χ1v) is 9.65. The molecule has 0 aliphatic heterocycles. The molecule has 0 radical (unpaired) electrons. The third kappa shape index (κ3) is 4.57. The van der Waals surface area contributed by atoms with E-state index < -0.39 is 10.1 Å². The maximum absolute atomic E-state index is 10.6. The Hall–Kier alpha value is -0.860. The molecular weight excluding hydrogens is 367 g/mol. The van der Waals surface area contributed by atoms with Gasteiger partial charge in [0.2, 0.25) is 0 Å². The van der Waals surface area contributed by atoms with Crippen LogP contribution in [0.1, 0.15) is 12.8 Å². The highest BCUT2D eigenvalue weighted by molar-refractivity contribution is 7.85. The maximum atomic E-state index is 10.6. The van der Waals surface area contributed by atoms with Crippen LogP contribution >= 0.6 is 34.5 Å². The van der Waals surface area contributed by atoms with Crippen LogP contribution in [0.4, 0.5) is 5.13 Å². The van der Waals surface area contributed by atoms with Gasteiger partial charge in [0.1, 0.15) is 5.69 Å². The van der Waals surface area contributed by atoms with Gasteiger partial charge in [-0.25, -0.2) is 13.0 Å². The van der Waals surface area contributed by atoms with Crippen LogP contribution in [0.25, 0.3) is 11.3 Å². The molecule has 1 heterocycles. The number of hydrogen-bond acceptors (Lipinski definition) is 5. The van der Waals surface area contributed by atoms with Gasteiger partial charge in [0.15, 0.2) is 0 Å². The van der Waals surface area contributed by atoms with Crippen molar-refractivity contribution in [2.75, 3.05) is 11.5 Å². The lowest BCUT2D eigenvalue weighted by molar-refractivity contribution is -0.668. The van der Waals surface area contributed by atoms with Crippen LogP contribution in [0.15, 0.2) is 23.6 Å². The smallest absolute Gasteiger partial charge is 0.332 e. The van der Waals surface area contributed by atoms with Gasteiger partial charge in [-0.15, -0.1) is 0 Å². The molecule has 0 atom stereocenters. The number of thiazole rings is 1. The summed E-state index contributed by atoms with van der Waals surface area (Å²) in [5.41, 5.74) is 7.71. The van der Waals surface area contributed by atoms with Crippen LogP contribution in [0.5, 0.6) is 0 Å². The molecule has 0 spiro atoms. The fourth-order valence-electron chi connectivity index (χ4n) is 2.02. The van der Waals surface area contributed by atoms with Gasteiger partial charge in [-0.3, -0.25) is 5.73 Å². The van der Waals surface area contributed by atoms with Crippen molar-refractivity contribution in [2.45, 2.75) is 19.4 Å². The van der Waals surface area contributed by atoms with Crippen LogP contribution in [-0.2, 0) is 16.7 Å². The maximum Gasteiger partial charge on any atom is 0.332 e. The van der Waals surface area contributed by atoms with Crippen molar-refractivity contribution in [1.82, 2.24) is 0 Å². The SMILES string of the molecule is Nc1scc(-c2ccc(Cl)c(Cl)c2)[n+]1CCCCS(=O)(=O)[O-]. The van der Waals surface area contributed by atoms with E-state index >= 15 is 0 Å². The summed E-state index contributed by atoms with van der Waals surface area (Å²) in [5, 5.41) is 3.43. The van der Waals surface area contributed by atoms with Crippen molar-refractivity contribution in [3.8, 4) is 11.3 Å². The van der Waals surface area contributed by atoms with Gasteiger partial charge in [-0.05, 0) is 31.0 Å². The molecule has 9 heteroatoms. The number of halogens is 2. The highest BCUT2D eigenvalue weighted by Gasteiger charge is 2.16. The molecule has 1 aromatic heterocycles. The van der Waals surface area contributed by atoms with E-state index in [4.69, 9.17) is 28.9 Å². The second-order valence-corrected chi connectivity index (χ2v) is 7.94. The summed E-state index contributed by atoms with van der Waals surface area (Å²) in [6, 6.07) is 5.31. The first kappa shape index (κ1) is 17.5. The summed E-state index contributed by atoms with van der Waals surface area (Å²) in [7, 11) is -4.17. The molecule has 0 aliphatic rings. The molecule has 2 N–H and O–H groups in total. The van der Waals surface area contributed by atoms with E-state index in [1.54, 1.807) is 12.1 Å². The molecular formula is C13H14Cl2N2O3S2. The lowest BCUT2D eigenvalue weighted by Gasteiger charge is -2.07. The van der Waals surface area contributed by atoms with Gasteiger partial charge >= 0.3 is 5.13 Å². The Balaban J connectivity index is 2.15. The lowest BCUT2D eigenvalue weighted by Crippen LogP contribution is -2.37. The molecule has 120 valence electrons. The van der Waals surface area contributed by atoms with Gasteiger partial charge < -0.3 is 4.55 Å². The van der Waals surface area contributed by atoms with Gasteiger partial charge in [-0.2, -0.15) is 0 Å². The van der Waals surface area contributed by atoms with Gasteiger partial charge in [0.25, 0.3) is 0 Å². The van der Waals surface area contributed by atoms with Crippen LogP contribution in [0, 0.1) is 0 Å².